The van der Waals surface area contributed by atoms with Crippen LogP contribution in [-0.2, 0) is 7.05 Å². The van der Waals surface area contributed by atoms with Gasteiger partial charge in [-0.25, -0.2) is 9.97 Å². The SMILES string of the molecule is Cn1cc(C(=O)NC2CCN(c3nc(C4CC4)nc4scc(-c5ccccc5)c34)CC2)cn1. The number of thiophene rings is 1. The molecule has 0 unspecified atom stereocenters. The van der Waals surface area contributed by atoms with E-state index in [0.29, 0.717) is 11.5 Å². The van der Waals surface area contributed by atoms with Gasteiger partial charge in [0.1, 0.15) is 16.5 Å². The molecule has 6 rings (SSSR count). The van der Waals surface area contributed by atoms with Gasteiger partial charge in [0, 0.05) is 49.2 Å². The van der Waals surface area contributed by atoms with Gasteiger partial charge in [0.2, 0.25) is 0 Å². The lowest BCUT2D eigenvalue weighted by molar-refractivity contribution is 0.0931. The summed E-state index contributed by atoms with van der Waals surface area (Å²) in [7, 11) is 1.82. The summed E-state index contributed by atoms with van der Waals surface area (Å²) in [5, 5.41) is 10.7. The van der Waals surface area contributed by atoms with Crippen molar-refractivity contribution in [3.63, 3.8) is 0 Å². The molecule has 33 heavy (non-hydrogen) atoms. The van der Waals surface area contributed by atoms with Crippen molar-refractivity contribution in [3.8, 4) is 11.1 Å². The molecule has 2 fully saturated rings. The van der Waals surface area contributed by atoms with Crippen molar-refractivity contribution in [2.75, 3.05) is 18.0 Å². The van der Waals surface area contributed by atoms with Gasteiger partial charge in [0.25, 0.3) is 5.91 Å². The number of nitrogens with zero attached hydrogens (tertiary/aromatic N) is 5. The van der Waals surface area contributed by atoms with Crippen LogP contribution in [0.1, 0.15) is 47.8 Å². The second-order valence-electron chi connectivity index (χ2n) is 9.01. The monoisotopic (exact) mass is 458 g/mol. The first-order valence-corrected chi connectivity index (χ1v) is 12.4. The van der Waals surface area contributed by atoms with E-state index in [0.717, 1.165) is 47.8 Å². The maximum atomic E-state index is 12.5. The number of anilines is 1. The van der Waals surface area contributed by atoms with Gasteiger partial charge in [-0.05, 0) is 31.2 Å². The van der Waals surface area contributed by atoms with Gasteiger partial charge in [-0.15, -0.1) is 11.3 Å². The molecule has 7 nitrogen and oxygen atoms in total. The molecule has 0 radical (unpaired) electrons. The molecule has 1 saturated heterocycles. The molecule has 1 aromatic carbocycles. The smallest absolute Gasteiger partial charge is 0.254 e. The second kappa shape index (κ2) is 8.26. The summed E-state index contributed by atoms with van der Waals surface area (Å²) >= 11 is 1.71. The molecule has 3 aromatic heterocycles. The number of aromatic nitrogens is 4. The van der Waals surface area contributed by atoms with E-state index in [1.54, 1.807) is 28.4 Å². The van der Waals surface area contributed by atoms with Crippen molar-refractivity contribution in [3.05, 3.63) is 59.5 Å². The van der Waals surface area contributed by atoms with E-state index >= 15 is 0 Å². The van der Waals surface area contributed by atoms with E-state index < -0.39 is 0 Å². The summed E-state index contributed by atoms with van der Waals surface area (Å²) in [6, 6.07) is 10.7. The predicted molar refractivity (Wildman–Crippen MR) is 131 cm³/mol. The van der Waals surface area contributed by atoms with Gasteiger partial charge in [-0.1, -0.05) is 30.3 Å². The zero-order valence-corrected chi connectivity index (χ0v) is 19.4. The normalized spacial score (nSPS) is 16.9. The van der Waals surface area contributed by atoms with Gasteiger partial charge < -0.3 is 10.2 Å². The first-order chi connectivity index (χ1) is 16.2. The van der Waals surface area contributed by atoms with Crippen molar-refractivity contribution in [2.45, 2.75) is 37.6 Å². The van der Waals surface area contributed by atoms with Gasteiger partial charge in [-0.2, -0.15) is 5.10 Å². The van der Waals surface area contributed by atoms with Crippen LogP contribution in [-0.4, -0.2) is 44.8 Å². The standard InChI is InChI=1S/C25H26N6OS/c1-30-14-18(13-26-30)24(32)27-19-9-11-31(12-10-19)23-21-20(16-5-3-2-4-6-16)15-33-25(21)29-22(28-23)17-7-8-17/h2-6,13-15,17,19H,7-12H2,1H3,(H,27,32). The van der Waals surface area contributed by atoms with Crippen LogP contribution in [0, 0.1) is 0 Å². The number of piperidine rings is 1. The average Bonchev–Trinajstić information content (AvgIpc) is 3.46. The third-order valence-corrected chi connectivity index (χ3v) is 7.43. The van der Waals surface area contributed by atoms with Crippen LogP contribution in [0.15, 0.2) is 48.1 Å². The molecule has 4 aromatic rings. The number of hydrogen-bond acceptors (Lipinski definition) is 6. The van der Waals surface area contributed by atoms with E-state index in [1.807, 2.05) is 13.1 Å². The maximum absolute atomic E-state index is 12.5. The summed E-state index contributed by atoms with van der Waals surface area (Å²) in [4.78, 5) is 26.1. The van der Waals surface area contributed by atoms with Crippen LogP contribution in [0.5, 0.6) is 0 Å². The number of rotatable bonds is 5. The zero-order chi connectivity index (χ0) is 22.4. The van der Waals surface area contributed by atoms with Crippen LogP contribution in [0.2, 0.25) is 0 Å². The summed E-state index contributed by atoms with van der Waals surface area (Å²) in [5.74, 6) is 2.50. The number of amides is 1. The molecule has 1 aliphatic carbocycles. The Hall–Kier alpha value is -3.26. The number of aryl methyl sites for hydroxylation is 1. The highest BCUT2D eigenvalue weighted by Crippen LogP contribution is 2.43. The number of hydrogen-bond donors (Lipinski definition) is 1. The Morgan fingerprint density at radius 2 is 1.88 bits per heavy atom. The van der Waals surface area contributed by atoms with Gasteiger partial charge >= 0.3 is 0 Å². The Labute approximate surface area is 196 Å². The van der Waals surface area contributed by atoms with Gasteiger partial charge in [0.15, 0.2) is 0 Å². The van der Waals surface area contributed by atoms with E-state index in [1.165, 1.54) is 24.0 Å². The highest BCUT2D eigenvalue weighted by Gasteiger charge is 2.31. The van der Waals surface area contributed by atoms with Gasteiger partial charge in [0.05, 0.1) is 17.1 Å². The quantitative estimate of drug-likeness (QED) is 0.481. The molecule has 4 heterocycles. The molecular formula is C25H26N6OS. The van der Waals surface area contributed by atoms with Crippen molar-refractivity contribution in [2.24, 2.45) is 7.05 Å². The molecule has 0 bridgehead atoms. The van der Waals surface area contributed by atoms with Crippen molar-refractivity contribution < 1.29 is 4.79 Å². The zero-order valence-electron chi connectivity index (χ0n) is 18.6. The van der Waals surface area contributed by atoms with Crippen LogP contribution in [0.4, 0.5) is 5.82 Å². The summed E-state index contributed by atoms with van der Waals surface area (Å²) < 4.78 is 1.65. The molecular weight excluding hydrogens is 432 g/mol. The lowest BCUT2D eigenvalue weighted by Gasteiger charge is -2.33. The Balaban J connectivity index is 1.27. The lowest BCUT2D eigenvalue weighted by Crippen LogP contribution is -2.45. The summed E-state index contributed by atoms with van der Waals surface area (Å²) in [6.45, 7) is 1.72. The molecule has 2 aliphatic rings. The van der Waals surface area contributed by atoms with Crippen molar-refractivity contribution >= 4 is 33.3 Å². The molecule has 168 valence electrons. The Morgan fingerprint density at radius 1 is 1.09 bits per heavy atom. The molecule has 1 aliphatic heterocycles. The topological polar surface area (TPSA) is 75.9 Å². The first kappa shape index (κ1) is 20.4. The molecule has 1 saturated carbocycles. The second-order valence-corrected chi connectivity index (χ2v) is 9.87. The molecule has 0 spiro atoms. The van der Waals surface area contributed by atoms with E-state index in [-0.39, 0.29) is 11.9 Å². The Bertz CT molecular complexity index is 1300. The number of nitrogens with one attached hydrogen (secondary N) is 1. The molecule has 1 N–H and O–H groups in total. The number of benzene rings is 1. The minimum absolute atomic E-state index is 0.0498. The number of fused-ring (bicyclic) bond motifs is 1. The van der Waals surface area contributed by atoms with Gasteiger partial charge in [-0.3, -0.25) is 9.48 Å². The minimum atomic E-state index is -0.0498. The van der Waals surface area contributed by atoms with Crippen molar-refractivity contribution in [1.29, 1.82) is 0 Å². The highest BCUT2D eigenvalue weighted by molar-refractivity contribution is 7.17. The molecule has 0 atom stereocenters. The molecule has 1 amide bonds. The van der Waals surface area contributed by atoms with E-state index in [2.05, 4.69) is 45.0 Å². The van der Waals surface area contributed by atoms with E-state index in [4.69, 9.17) is 9.97 Å². The van der Waals surface area contributed by atoms with Crippen LogP contribution in [0.3, 0.4) is 0 Å². The van der Waals surface area contributed by atoms with Crippen LogP contribution < -0.4 is 10.2 Å². The van der Waals surface area contributed by atoms with E-state index in [9.17, 15) is 4.79 Å². The summed E-state index contributed by atoms with van der Waals surface area (Å²) in [5.41, 5.74) is 3.02. The lowest BCUT2D eigenvalue weighted by atomic mass is 10.0. The average molecular weight is 459 g/mol. The summed E-state index contributed by atoms with van der Waals surface area (Å²) in [6.07, 6.45) is 7.52. The van der Waals surface area contributed by atoms with Crippen LogP contribution >= 0.6 is 11.3 Å². The minimum Gasteiger partial charge on any atom is -0.356 e. The first-order valence-electron chi connectivity index (χ1n) is 11.5. The van der Waals surface area contributed by atoms with Crippen LogP contribution in [0.25, 0.3) is 21.3 Å². The fourth-order valence-electron chi connectivity index (χ4n) is 4.57. The largest absolute Gasteiger partial charge is 0.356 e. The number of carbonyl (C=O) groups excluding carboxylic acids is 1. The highest BCUT2D eigenvalue weighted by atomic mass is 32.1. The van der Waals surface area contributed by atoms with Crippen molar-refractivity contribution in [1.82, 2.24) is 25.1 Å². The maximum Gasteiger partial charge on any atom is 0.254 e. The Morgan fingerprint density at radius 3 is 2.58 bits per heavy atom. The molecule has 8 heteroatoms. The number of carbonyl (C=O) groups is 1. The Kier molecular flexibility index (Phi) is 5.10. The predicted octanol–water partition coefficient (Wildman–Crippen LogP) is 4.37. The third-order valence-electron chi connectivity index (χ3n) is 6.56. The fraction of sp³-hybridized carbons (Fsp3) is 0.360. The fourth-order valence-corrected chi connectivity index (χ4v) is 5.51. The third kappa shape index (κ3) is 3.99.